The van der Waals surface area contributed by atoms with Gasteiger partial charge in [0.2, 0.25) is 0 Å². The number of rotatable bonds is 0. The topological polar surface area (TPSA) is 76.9 Å². The summed E-state index contributed by atoms with van der Waals surface area (Å²) in [6, 6.07) is 0. The van der Waals surface area contributed by atoms with E-state index in [4.69, 9.17) is 0 Å². The number of nitrogens with zero attached hydrogens (tertiary/aromatic N) is 2. The third-order valence-electron chi connectivity index (χ3n) is 0.547. The molecule has 5 nitrogen and oxygen atoms in total. The molecule has 0 unspecified atom stereocenters. The Bertz CT molecular complexity index is 251. The van der Waals surface area contributed by atoms with E-state index in [0.717, 1.165) is 6.20 Å². The van der Waals surface area contributed by atoms with Crippen LogP contribution in [0.25, 0.3) is 0 Å². The minimum atomic E-state index is -0.711. The van der Waals surface area contributed by atoms with Gasteiger partial charge in [0.05, 0.1) is 6.20 Å². The van der Waals surface area contributed by atoms with Gasteiger partial charge >= 0.3 is 29.6 Å². The van der Waals surface area contributed by atoms with Crippen LogP contribution in [0.5, 0.6) is 0 Å². The third kappa shape index (κ3) is 2.59. The van der Waals surface area contributed by atoms with Gasteiger partial charge in [0.25, 0.3) is 0 Å². The van der Waals surface area contributed by atoms with Gasteiger partial charge in [-0.1, -0.05) is 0 Å². The van der Waals surface area contributed by atoms with Crippen LogP contribution < -0.4 is 45.8 Å². The summed E-state index contributed by atoms with van der Waals surface area (Å²) in [7, 11) is 0. The molecule has 0 aliphatic rings. The molecule has 0 fully saturated rings. The Labute approximate surface area is 71.8 Å². The molecule has 0 aliphatic carbocycles. The summed E-state index contributed by atoms with van der Waals surface area (Å²) in [5, 5.41) is 5.13. The van der Waals surface area contributed by atoms with Crippen LogP contribution in [-0.2, 0) is 0 Å². The smallest absolute Gasteiger partial charge is 0.363 e. The van der Waals surface area contributed by atoms with Gasteiger partial charge in [-0.3, -0.25) is 14.7 Å². The summed E-state index contributed by atoms with van der Waals surface area (Å²) >= 11 is 0. The average Bonchev–Trinajstić information content (AvgIpc) is 1.64. The second-order valence-electron chi connectivity index (χ2n) is 1.13. The van der Waals surface area contributed by atoms with Gasteiger partial charge in [-0.2, -0.15) is 0 Å². The van der Waals surface area contributed by atoms with E-state index in [9.17, 15) is 9.59 Å². The van der Waals surface area contributed by atoms with Crippen molar-refractivity contribution in [3.8, 4) is 0 Å². The molecule has 1 aromatic heterocycles. The van der Waals surface area contributed by atoms with Crippen LogP contribution in [0.2, 0.25) is 0 Å². The largest absolute Gasteiger partial charge is 1.00 e. The van der Waals surface area contributed by atoms with Crippen molar-refractivity contribution in [2.75, 3.05) is 0 Å². The molecule has 1 rings (SSSR count). The van der Waals surface area contributed by atoms with Crippen molar-refractivity contribution in [3.63, 3.8) is 0 Å². The normalized spacial score (nSPS) is 8.00. The van der Waals surface area contributed by atoms with Crippen LogP contribution >= 0.6 is 0 Å². The predicted molar refractivity (Wildman–Crippen MR) is 24.4 cm³/mol. The molecule has 0 atom stereocenters. The maximum atomic E-state index is 10.1. The molecule has 1 heterocycles. The molecule has 0 bridgehead atoms. The van der Waals surface area contributed by atoms with Crippen molar-refractivity contribution in [2.45, 2.75) is 0 Å². The number of aromatic nitrogens is 3. The quantitative estimate of drug-likeness (QED) is 0.362. The molecule has 1 N–H and O–H groups in total. The van der Waals surface area contributed by atoms with Crippen molar-refractivity contribution in [3.05, 3.63) is 27.0 Å². The van der Waals surface area contributed by atoms with Gasteiger partial charge < -0.3 is 10.1 Å². The first-order valence-corrected chi connectivity index (χ1v) is 1.88. The van der Waals surface area contributed by atoms with E-state index in [1.807, 2.05) is 5.10 Å². The van der Waals surface area contributed by atoms with Gasteiger partial charge in [-0.25, -0.2) is 0 Å². The van der Waals surface area contributed by atoms with Crippen LogP contribution in [0.1, 0.15) is 0 Å². The third-order valence-corrected chi connectivity index (χ3v) is 0.547. The molecule has 0 aromatic carbocycles. The zero-order chi connectivity index (χ0) is 5.98. The van der Waals surface area contributed by atoms with E-state index >= 15 is 0 Å². The molecule has 9 heavy (non-hydrogen) atoms. The fourth-order valence-electron chi connectivity index (χ4n) is 0.297. The standard InChI is InChI=1S/C3H3N3O2.Na/c7-2-1-4-6-3(8)5-2;/h1H,(H2,5,6,7,8);/q;+1/p-1. The van der Waals surface area contributed by atoms with Crippen molar-refractivity contribution >= 4 is 0 Å². The summed E-state index contributed by atoms with van der Waals surface area (Å²) in [5.41, 5.74) is -1.33. The Morgan fingerprint density at radius 1 is 1.56 bits per heavy atom. The second-order valence-corrected chi connectivity index (χ2v) is 1.13. The minimum Gasteiger partial charge on any atom is -0.363 e. The fraction of sp³-hybridized carbons (Fsp3) is 0. The summed E-state index contributed by atoms with van der Waals surface area (Å²) in [6.07, 6.45) is 0.932. The first-order chi connectivity index (χ1) is 3.79. The van der Waals surface area contributed by atoms with Gasteiger partial charge in [0, 0.05) is 0 Å². The Balaban J connectivity index is 0.000000640. The molecule has 0 spiro atoms. The summed E-state index contributed by atoms with van der Waals surface area (Å²) < 4.78 is 0. The Hall–Kier alpha value is -0.390. The molecular weight excluding hydrogens is 133 g/mol. The molecule has 1 aromatic rings. The summed E-state index contributed by atoms with van der Waals surface area (Å²) in [4.78, 5) is 23.1. The van der Waals surface area contributed by atoms with E-state index in [2.05, 4.69) is 10.1 Å². The first kappa shape index (κ1) is 8.61. The SMILES string of the molecule is O=c1cn[nH]c(=O)[n-]1.[Na+]. The van der Waals surface area contributed by atoms with E-state index in [1.54, 1.807) is 0 Å². The van der Waals surface area contributed by atoms with E-state index in [-0.39, 0.29) is 29.6 Å². The molecule has 0 aliphatic heterocycles. The van der Waals surface area contributed by atoms with Crippen LogP contribution in [0.15, 0.2) is 15.8 Å². The molecule has 0 saturated carbocycles. The van der Waals surface area contributed by atoms with Crippen molar-refractivity contribution in [1.82, 2.24) is 15.2 Å². The van der Waals surface area contributed by atoms with Gasteiger partial charge in [-0.15, -0.1) is 0 Å². The van der Waals surface area contributed by atoms with Crippen LogP contribution in [-0.4, -0.2) is 10.2 Å². The Morgan fingerprint density at radius 3 is 2.56 bits per heavy atom. The minimum absolute atomic E-state index is 0. The van der Waals surface area contributed by atoms with Gasteiger partial charge in [0.1, 0.15) is 0 Å². The Morgan fingerprint density at radius 2 is 2.22 bits per heavy atom. The van der Waals surface area contributed by atoms with Gasteiger partial charge in [0.15, 0.2) is 11.2 Å². The maximum Gasteiger partial charge on any atom is 1.00 e. The second kappa shape index (κ2) is 3.60. The first-order valence-electron chi connectivity index (χ1n) is 1.88. The van der Waals surface area contributed by atoms with E-state index in [0.29, 0.717) is 0 Å². The van der Waals surface area contributed by atoms with Crippen LogP contribution in [0.3, 0.4) is 0 Å². The number of H-pyrrole nitrogens is 1. The van der Waals surface area contributed by atoms with Crippen molar-refractivity contribution in [1.29, 1.82) is 0 Å². The van der Waals surface area contributed by atoms with Crippen molar-refractivity contribution < 1.29 is 29.6 Å². The fourth-order valence-corrected chi connectivity index (χ4v) is 0.297. The van der Waals surface area contributed by atoms with Gasteiger partial charge in [-0.05, 0) is 0 Å². The van der Waals surface area contributed by atoms with Crippen molar-refractivity contribution in [2.24, 2.45) is 0 Å². The number of hydrogen-bond donors (Lipinski definition) is 1. The predicted octanol–water partition coefficient (Wildman–Crippen LogP) is -4.91. The Kier molecular flexibility index (Phi) is 3.44. The van der Waals surface area contributed by atoms with Crippen LogP contribution in [0, 0.1) is 0 Å². The average molecular weight is 135 g/mol. The zero-order valence-corrected chi connectivity index (χ0v) is 6.79. The van der Waals surface area contributed by atoms with E-state index in [1.165, 1.54) is 0 Å². The number of hydrogen-bond acceptors (Lipinski definition) is 3. The summed E-state index contributed by atoms with van der Waals surface area (Å²) in [6.45, 7) is 0. The molecule has 0 amide bonds. The number of aromatic amines is 1. The molecular formula is C3H2N3NaO2. The number of nitrogens with one attached hydrogen (secondary N) is 1. The summed E-state index contributed by atoms with van der Waals surface area (Å²) in [5.74, 6) is 0. The zero-order valence-electron chi connectivity index (χ0n) is 4.79. The molecule has 6 heteroatoms. The maximum absolute atomic E-state index is 10.1. The van der Waals surface area contributed by atoms with E-state index < -0.39 is 11.2 Å². The molecule has 0 saturated heterocycles. The molecule has 42 valence electrons. The molecule has 0 radical (unpaired) electrons. The van der Waals surface area contributed by atoms with Crippen LogP contribution in [0.4, 0.5) is 0 Å². The monoisotopic (exact) mass is 135 g/mol.